The lowest BCUT2D eigenvalue weighted by molar-refractivity contribution is 0.0643. The number of pyridine rings is 1. The topological polar surface area (TPSA) is 74.6 Å². The largest absolute Gasteiger partial charge is 0.335 e. The first-order valence-corrected chi connectivity index (χ1v) is 12.9. The number of fused-ring (bicyclic) bond motifs is 1. The molecular weight excluding hydrogens is 448 g/mol. The molecule has 34 heavy (non-hydrogen) atoms. The van der Waals surface area contributed by atoms with Gasteiger partial charge in [-0.3, -0.25) is 4.79 Å². The maximum Gasteiger partial charge on any atom is 0.320 e. The van der Waals surface area contributed by atoms with E-state index in [0.717, 1.165) is 22.3 Å². The van der Waals surface area contributed by atoms with Gasteiger partial charge in [0.1, 0.15) is 0 Å². The number of nitrogens with zero attached hydrogens (tertiary/aromatic N) is 6. The van der Waals surface area contributed by atoms with Crippen LogP contribution in [-0.2, 0) is 0 Å². The standard InChI is InChI=1S/C25H34N6O2S/c1-7-28(8-2)25(33)30-11-9-29(10-12-30)24(32)20-14-22(19-13-17(5)34-18(19)6)27-23-21(20)15-26-31(23)16(3)4/h13-16H,7-12H2,1-6H3. The highest BCUT2D eigenvalue weighted by atomic mass is 32.1. The Morgan fingerprint density at radius 2 is 1.71 bits per heavy atom. The number of aryl methyl sites for hydroxylation is 2. The Morgan fingerprint density at radius 3 is 2.26 bits per heavy atom. The molecule has 0 radical (unpaired) electrons. The van der Waals surface area contributed by atoms with Gasteiger partial charge >= 0.3 is 6.03 Å². The highest BCUT2D eigenvalue weighted by Crippen LogP contribution is 2.33. The summed E-state index contributed by atoms with van der Waals surface area (Å²) >= 11 is 1.73. The third kappa shape index (κ3) is 4.41. The molecule has 0 spiro atoms. The van der Waals surface area contributed by atoms with Gasteiger partial charge in [0.05, 0.1) is 22.8 Å². The molecule has 0 atom stereocenters. The second kappa shape index (κ2) is 9.74. The molecule has 182 valence electrons. The van der Waals surface area contributed by atoms with Gasteiger partial charge in [0.25, 0.3) is 5.91 Å². The number of hydrogen-bond donors (Lipinski definition) is 0. The van der Waals surface area contributed by atoms with E-state index in [0.29, 0.717) is 44.8 Å². The molecule has 1 fully saturated rings. The predicted octanol–water partition coefficient (Wildman–Crippen LogP) is 4.58. The molecule has 3 amide bonds. The zero-order valence-electron chi connectivity index (χ0n) is 21.0. The van der Waals surface area contributed by atoms with Gasteiger partial charge in [0.2, 0.25) is 0 Å². The molecule has 3 aromatic heterocycles. The molecule has 0 saturated carbocycles. The van der Waals surface area contributed by atoms with Crippen LogP contribution in [0.2, 0.25) is 0 Å². The number of hydrogen-bond acceptors (Lipinski definition) is 5. The highest BCUT2D eigenvalue weighted by molar-refractivity contribution is 7.12. The Hall–Kier alpha value is -2.94. The smallest absolute Gasteiger partial charge is 0.320 e. The van der Waals surface area contributed by atoms with Gasteiger partial charge in [0.15, 0.2) is 5.65 Å². The SMILES string of the molecule is CCN(CC)C(=O)N1CCN(C(=O)c2cc(-c3cc(C)sc3C)nc3c2cnn3C(C)C)CC1. The average Bonchev–Trinajstić information content (AvgIpc) is 3.41. The van der Waals surface area contributed by atoms with Crippen molar-refractivity contribution in [1.82, 2.24) is 29.5 Å². The van der Waals surface area contributed by atoms with Crippen LogP contribution >= 0.6 is 11.3 Å². The lowest BCUT2D eigenvalue weighted by Gasteiger charge is -2.37. The summed E-state index contributed by atoms with van der Waals surface area (Å²) in [4.78, 5) is 39.3. The lowest BCUT2D eigenvalue weighted by atomic mass is 10.1. The first-order valence-electron chi connectivity index (χ1n) is 12.0. The van der Waals surface area contributed by atoms with Crippen molar-refractivity contribution in [2.24, 2.45) is 0 Å². The molecule has 9 heteroatoms. The summed E-state index contributed by atoms with van der Waals surface area (Å²) in [6, 6.07) is 4.23. The quantitative estimate of drug-likeness (QED) is 0.534. The van der Waals surface area contributed by atoms with Crippen molar-refractivity contribution in [2.45, 2.75) is 47.6 Å². The average molecular weight is 483 g/mol. The Morgan fingerprint density at radius 1 is 1.06 bits per heavy atom. The van der Waals surface area contributed by atoms with Crippen LogP contribution in [0.5, 0.6) is 0 Å². The first kappa shape index (κ1) is 24.2. The maximum absolute atomic E-state index is 13.7. The van der Waals surface area contributed by atoms with Crippen LogP contribution in [0.15, 0.2) is 18.3 Å². The van der Waals surface area contributed by atoms with Crippen LogP contribution in [0.1, 0.15) is 53.8 Å². The van der Waals surface area contributed by atoms with Crippen LogP contribution in [0.25, 0.3) is 22.3 Å². The van der Waals surface area contributed by atoms with E-state index in [4.69, 9.17) is 4.98 Å². The summed E-state index contributed by atoms with van der Waals surface area (Å²) in [6.45, 7) is 15.8. The second-order valence-electron chi connectivity index (χ2n) is 9.04. The molecule has 4 heterocycles. The Kier molecular flexibility index (Phi) is 6.93. The minimum Gasteiger partial charge on any atom is -0.335 e. The molecule has 0 N–H and O–H groups in total. The fraction of sp³-hybridized carbons (Fsp3) is 0.520. The summed E-state index contributed by atoms with van der Waals surface area (Å²) in [6.07, 6.45) is 1.76. The lowest BCUT2D eigenvalue weighted by Crippen LogP contribution is -2.54. The Labute approximate surface area is 205 Å². The van der Waals surface area contributed by atoms with Gasteiger partial charge in [-0.2, -0.15) is 5.10 Å². The number of amides is 3. The number of rotatable bonds is 5. The van der Waals surface area contributed by atoms with Gasteiger partial charge in [-0.05, 0) is 53.7 Å². The van der Waals surface area contributed by atoms with Gasteiger partial charge in [-0.15, -0.1) is 11.3 Å². The summed E-state index contributed by atoms with van der Waals surface area (Å²) in [5.74, 6) is -0.0310. The van der Waals surface area contributed by atoms with Crippen molar-refractivity contribution in [3.8, 4) is 11.3 Å². The molecule has 1 aliphatic heterocycles. The molecule has 1 aliphatic rings. The molecule has 4 rings (SSSR count). The van der Waals surface area contributed by atoms with Gasteiger partial charge in [0, 0.05) is 60.6 Å². The van der Waals surface area contributed by atoms with Crippen molar-refractivity contribution in [3.63, 3.8) is 0 Å². The summed E-state index contributed by atoms with van der Waals surface area (Å²) in [5.41, 5.74) is 3.22. The minimum absolute atomic E-state index is 0.0310. The highest BCUT2D eigenvalue weighted by Gasteiger charge is 2.29. The Balaban J connectivity index is 1.66. The summed E-state index contributed by atoms with van der Waals surface area (Å²) < 4.78 is 1.88. The van der Waals surface area contributed by atoms with Gasteiger partial charge in [-0.1, -0.05) is 0 Å². The second-order valence-corrected chi connectivity index (χ2v) is 10.5. The van der Waals surface area contributed by atoms with Crippen molar-refractivity contribution < 1.29 is 9.59 Å². The van der Waals surface area contributed by atoms with E-state index in [9.17, 15) is 9.59 Å². The number of urea groups is 1. The monoisotopic (exact) mass is 482 g/mol. The third-order valence-electron chi connectivity index (χ3n) is 6.47. The number of thiophene rings is 1. The number of carbonyl (C=O) groups is 2. The predicted molar refractivity (Wildman–Crippen MR) is 136 cm³/mol. The molecule has 0 aliphatic carbocycles. The van der Waals surface area contributed by atoms with E-state index in [2.05, 4.69) is 38.9 Å². The third-order valence-corrected chi connectivity index (χ3v) is 7.44. The van der Waals surface area contributed by atoms with E-state index >= 15 is 0 Å². The molecule has 1 saturated heterocycles. The fourth-order valence-corrected chi connectivity index (χ4v) is 5.49. The van der Waals surface area contributed by atoms with E-state index in [-0.39, 0.29) is 18.0 Å². The van der Waals surface area contributed by atoms with E-state index in [1.165, 1.54) is 9.75 Å². The Bertz CT molecular complexity index is 1200. The normalized spacial score (nSPS) is 14.3. The fourth-order valence-electron chi connectivity index (χ4n) is 4.56. The number of carbonyl (C=O) groups excluding carboxylic acids is 2. The van der Waals surface area contributed by atoms with Crippen LogP contribution < -0.4 is 0 Å². The van der Waals surface area contributed by atoms with Crippen LogP contribution in [0, 0.1) is 13.8 Å². The van der Waals surface area contributed by atoms with Crippen LogP contribution in [0.4, 0.5) is 4.79 Å². The zero-order valence-corrected chi connectivity index (χ0v) is 21.8. The van der Waals surface area contributed by atoms with Gasteiger partial charge < -0.3 is 14.7 Å². The van der Waals surface area contributed by atoms with Crippen molar-refractivity contribution in [1.29, 1.82) is 0 Å². The van der Waals surface area contributed by atoms with Gasteiger partial charge in [-0.25, -0.2) is 14.5 Å². The zero-order chi connectivity index (χ0) is 24.6. The molecule has 0 unspecified atom stereocenters. The number of aromatic nitrogens is 3. The number of piperazine rings is 1. The first-order chi connectivity index (χ1) is 16.2. The molecular formula is C25H34N6O2S. The maximum atomic E-state index is 13.7. The van der Waals surface area contributed by atoms with E-state index in [1.807, 2.05) is 39.3 Å². The van der Waals surface area contributed by atoms with Crippen LogP contribution in [0.3, 0.4) is 0 Å². The minimum atomic E-state index is -0.0310. The van der Waals surface area contributed by atoms with Crippen molar-refractivity contribution >= 4 is 34.3 Å². The molecule has 0 bridgehead atoms. The van der Waals surface area contributed by atoms with Crippen molar-refractivity contribution in [2.75, 3.05) is 39.3 Å². The van der Waals surface area contributed by atoms with E-state index < -0.39 is 0 Å². The summed E-state index contributed by atoms with van der Waals surface area (Å²) in [7, 11) is 0. The van der Waals surface area contributed by atoms with Crippen LogP contribution in [-0.4, -0.2) is 80.7 Å². The molecule has 8 nitrogen and oxygen atoms in total. The van der Waals surface area contributed by atoms with E-state index in [1.54, 1.807) is 17.5 Å². The molecule has 3 aromatic rings. The van der Waals surface area contributed by atoms with Crippen molar-refractivity contribution in [3.05, 3.63) is 33.6 Å². The molecule has 0 aromatic carbocycles. The summed E-state index contributed by atoms with van der Waals surface area (Å²) in [5, 5.41) is 5.32.